The molecule has 3 heteroatoms. The van der Waals surface area contributed by atoms with Gasteiger partial charge in [-0.25, -0.2) is 4.98 Å². The van der Waals surface area contributed by atoms with Crippen LogP contribution in [0.15, 0.2) is 29.3 Å². The molecule has 1 aromatic heterocycles. The van der Waals surface area contributed by atoms with Crippen molar-refractivity contribution in [1.82, 2.24) is 10.3 Å². The zero-order chi connectivity index (χ0) is 12.7. The largest absolute Gasteiger partial charge is 0.313 e. The van der Waals surface area contributed by atoms with Gasteiger partial charge in [-0.15, -0.1) is 11.8 Å². The average Bonchev–Trinajstić information content (AvgIpc) is 2.25. The molecule has 0 aliphatic rings. The summed E-state index contributed by atoms with van der Waals surface area (Å²) >= 11 is 1.76. The fourth-order valence-corrected chi connectivity index (χ4v) is 2.48. The molecule has 0 aliphatic heterocycles. The van der Waals surface area contributed by atoms with Gasteiger partial charge in [0.1, 0.15) is 0 Å². The maximum absolute atomic E-state index is 4.50. The molecule has 0 saturated carbocycles. The molecule has 2 nitrogen and oxygen atoms in total. The van der Waals surface area contributed by atoms with Crippen LogP contribution in [0.3, 0.4) is 0 Å². The lowest BCUT2D eigenvalue weighted by Crippen LogP contribution is -2.18. The third kappa shape index (κ3) is 5.89. The van der Waals surface area contributed by atoms with Gasteiger partial charge in [-0.2, -0.15) is 0 Å². The Morgan fingerprint density at radius 1 is 1.41 bits per heavy atom. The van der Waals surface area contributed by atoms with Crippen LogP contribution >= 0.6 is 11.8 Å². The van der Waals surface area contributed by atoms with E-state index in [0.717, 1.165) is 29.6 Å². The number of thioether (sulfide) groups is 1. The summed E-state index contributed by atoms with van der Waals surface area (Å²) in [4.78, 5) is 4.50. The molecule has 94 valence electrons. The van der Waals surface area contributed by atoms with Gasteiger partial charge >= 0.3 is 0 Å². The highest BCUT2D eigenvalue weighted by Crippen LogP contribution is 2.19. The summed E-state index contributed by atoms with van der Waals surface area (Å²) in [6.07, 6.45) is 1.17. The first-order valence-electron chi connectivity index (χ1n) is 6.07. The van der Waals surface area contributed by atoms with Crippen molar-refractivity contribution in [3.8, 4) is 0 Å². The Bertz CT molecular complexity index is 354. The van der Waals surface area contributed by atoms with E-state index in [1.807, 2.05) is 6.92 Å². The van der Waals surface area contributed by atoms with Gasteiger partial charge in [0.25, 0.3) is 0 Å². The minimum Gasteiger partial charge on any atom is -0.313 e. The third-order valence-electron chi connectivity index (χ3n) is 2.30. The number of nitrogens with one attached hydrogen (secondary N) is 1. The lowest BCUT2D eigenvalue weighted by Gasteiger charge is -2.07. The van der Waals surface area contributed by atoms with E-state index in [4.69, 9.17) is 0 Å². The highest BCUT2D eigenvalue weighted by Gasteiger charge is 2.00. The van der Waals surface area contributed by atoms with Crippen LogP contribution in [-0.2, 0) is 0 Å². The van der Waals surface area contributed by atoms with Gasteiger partial charge in [0.2, 0.25) is 0 Å². The van der Waals surface area contributed by atoms with Crippen LogP contribution in [0.1, 0.15) is 24.6 Å². The lowest BCUT2D eigenvalue weighted by atomic mass is 10.3. The molecule has 0 fully saturated rings. The normalized spacial score (nSPS) is 10.5. The van der Waals surface area contributed by atoms with E-state index in [1.165, 1.54) is 17.6 Å². The first kappa shape index (κ1) is 14.3. The quantitative estimate of drug-likeness (QED) is 0.456. The highest BCUT2D eigenvalue weighted by molar-refractivity contribution is 7.99. The number of hydrogen-bond acceptors (Lipinski definition) is 3. The smallest absolute Gasteiger partial charge is 0.0968 e. The number of aromatic nitrogens is 1. The molecule has 1 aromatic rings. The van der Waals surface area contributed by atoms with Crippen molar-refractivity contribution in [3.63, 3.8) is 0 Å². The summed E-state index contributed by atoms with van der Waals surface area (Å²) in [5.74, 6) is 0.937. The first-order valence-corrected chi connectivity index (χ1v) is 7.06. The summed E-state index contributed by atoms with van der Waals surface area (Å²) < 4.78 is 0. The molecule has 0 amide bonds. The Kier molecular flexibility index (Phi) is 6.30. The van der Waals surface area contributed by atoms with E-state index in [9.17, 15) is 0 Å². The van der Waals surface area contributed by atoms with E-state index >= 15 is 0 Å². The van der Waals surface area contributed by atoms with Crippen molar-refractivity contribution in [2.75, 3.05) is 18.8 Å². The number of nitrogens with zero attached hydrogens (tertiary/aromatic N) is 1. The second kappa shape index (κ2) is 7.51. The summed E-state index contributed by atoms with van der Waals surface area (Å²) in [5.41, 5.74) is 3.58. The second-order valence-electron chi connectivity index (χ2n) is 4.34. The topological polar surface area (TPSA) is 24.9 Å². The molecule has 1 N–H and O–H groups in total. The molecule has 0 bridgehead atoms. The summed E-state index contributed by atoms with van der Waals surface area (Å²) in [7, 11) is 0. The minimum absolute atomic E-state index is 0.908. The predicted molar refractivity (Wildman–Crippen MR) is 76.7 cm³/mol. The van der Waals surface area contributed by atoms with Gasteiger partial charge < -0.3 is 5.32 Å². The fourth-order valence-electron chi connectivity index (χ4n) is 1.55. The van der Waals surface area contributed by atoms with E-state index in [2.05, 4.69) is 42.9 Å². The predicted octanol–water partition coefficient (Wildman–Crippen LogP) is 3.35. The standard InChI is InChI=1S/C14H22N2S/c1-5-6-15-9-12(3)10-17-14-8-11(2)7-13(4)16-14/h7-8,15H,3,5-6,9-10H2,1-2,4H3. The number of rotatable bonds is 7. The van der Waals surface area contributed by atoms with Crippen molar-refractivity contribution in [3.05, 3.63) is 35.5 Å². The van der Waals surface area contributed by atoms with Crippen LogP contribution in [0.2, 0.25) is 0 Å². The van der Waals surface area contributed by atoms with E-state index in [1.54, 1.807) is 11.8 Å². The van der Waals surface area contributed by atoms with Crippen LogP contribution in [0.5, 0.6) is 0 Å². The first-order chi connectivity index (χ1) is 8.11. The van der Waals surface area contributed by atoms with Crippen LogP contribution in [0.4, 0.5) is 0 Å². The summed E-state index contributed by atoms with van der Waals surface area (Å²) in [6, 6.07) is 4.23. The second-order valence-corrected chi connectivity index (χ2v) is 5.34. The molecule has 0 aliphatic carbocycles. The molecule has 17 heavy (non-hydrogen) atoms. The molecule has 0 radical (unpaired) electrons. The highest BCUT2D eigenvalue weighted by atomic mass is 32.2. The van der Waals surface area contributed by atoms with E-state index < -0.39 is 0 Å². The van der Waals surface area contributed by atoms with Crippen LogP contribution in [0.25, 0.3) is 0 Å². The number of hydrogen-bond donors (Lipinski definition) is 1. The number of pyridine rings is 1. The van der Waals surface area contributed by atoms with Gasteiger partial charge in [0, 0.05) is 18.0 Å². The Labute approximate surface area is 109 Å². The van der Waals surface area contributed by atoms with Crippen LogP contribution in [-0.4, -0.2) is 23.8 Å². The minimum atomic E-state index is 0.908. The zero-order valence-corrected chi connectivity index (χ0v) is 11.9. The van der Waals surface area contributed by atoms with Gasteiger partial charge in [0.05, 0.1) is 5.03 Å². The monoisotopic (exact) mass is 250 g/mol. The van der Waals surface area contributed by atoms with Crippen LogP contribution < -0.4 is 5.32 Å². The third-order valence-corrected chi connectivity index (χ3v) is 3.36. The van der Waals surface area contributed by atoms with Gasteiger partial charge in [0.15, 0.2) is 0 Å². The van der Waals surface area contributed by atoms with Gasteiger partial charge in [-0.1, -0.05) is 19.1 Å². The Balaban J connectivity index is 2.36. The molecule has 1 rings (SSSR count). The maximum Gasteiger partial charge on any atom is 0.0968 e. The van der Waals surface area contributed by atoms with Crippen molar-refractivity contribution in [2.24, 2.45) is 0 Å². The van der Waals surface area contributed by atoms with Crippen LogP contribution in [0, 0.1) is 13.8 Å². The average molecular weight is 250 g/mol. The summed E-state index contributed by atoms with van der Waals surface area (Å²) in [5, 5.41) is 4.46. The van der Waals surface area contributed by atoms with Crippen molar-refractivity contribution >= 4 is 11.8 Å². The molecule has 0 atom stereocenters. The molecule has 0 spiro atoms. The zero-order valence-electron chi connectivity index (χ0n) is 11.0. The van der Waals surface area contributed by atoms with Crippen molar-refractivity contribution in [2.45, 2.75) is 32.2 Å². The molecular weight excluding hydrogens is 228 g/mol. The fraction of sp³-hybridized carbons (Fsp3) is 0.500. The van der Waals surface area contributed by atoms with Crippen molar-refractivity contribution in [1.29, 1.82) is 0 Å². The molecule has 0 unspecified atom stereocenters. The number of aryl methyl sites for hydroxylation is 2. The SMILES string of the molecule is C=C(CNCCC)CSc1cc(C)cc(C)n1. The maximum atomic E-state index is 4.50. The van der Waals surface area contributed by atoms with Gasteiger partial charge in [-0.05, 0) is 44.5 Å². The lowest BCUT2D eigenvalue weighted by molar-refractivity contribution is 0.716. The molecule has 1 heterocycles. The molecular formula is C14H22N2S. The summed E-state index contributed by atoms with van der Waals surface area (Å²) in [6.45, 7) is 12.4. The van der Waals surface area contributed by atoms with E-state index in [-0.39, 0.29) is 0 Å². The van der Waals surface area contributed by atoms with E-state index in [0.29, 0.717) is 0 Å². The van der Waals surface area contributed by atoms with Gasteiger partial charge in [-0.3, -0.25) is 0 Å². The van der Waals surface area contributed by atoms with Crippen molar-refractivity contribution < 1.29 is 0 Å². The Morgan fingerprint density at radius 3 is 2.82 bits per heavy atom. The molecule has 0 saturated heterocycles. The Hall–Kier alpha value is -0.800. The molecule has 0 aromatic carbocycles. The Morgan fingerprint density at radius 2 is 2.18 bits per heavy atom.